The third kappa shape index (κ3) is 3.70. The lowest BCUT2D eigenvalue weighted by atomic mass is 10.2. The average molecular weight is 157 g/mol. The van der Waals surface area contributed by atoms with Crippen LogP contribution < -0.4 is 16.0 Å². The summed E-state index contributed by atoms with van der Waals surface area (Å²) in [6.45, 7) is 4.60. The first kappa shape index (κ1) is 8.97. The van der Waals surface area contributed by atoms with E-state index in [0.717, 1.165) is 25.7 Å². The van der Waals surface area contributed by atoms with Crippen LogP contribution in [-0.4, -0.2) is 39.3 Å². The molecule has 0 bridgehead atoms. The molecule has 3 nitrogen and oxygen atoms in total. The second-order valence-corrected chi connectivity index (χ2v) is 3.10. The van der Waals surface area contributed by atoms with Crippen LogP contribution in [-0.2, 0) is 0 Å². The fraction of sp³-hybridized carbons (Fsp3) is 1.00. The lowest BCUT2D eigenvalue weighted by Gasteiger charge is -2.09. The summed E-state index contributed by atoms with van der Waals surface area (Å²) in [6.07, 6.45) is 2.52. The smallest absolute Gasteiger partial charge is 0.0204 e. The van der Waals surface area contributed by atoms with Gasteiger partial charge < -0.3 is 16.0 Å². The molecule has 0 amide bonds. The van der Waals surface area contributed by atoms with Crippen LogP contribution in [0.4, 0.5) is 0 Å². The van der Waals surface area contributed by atoms with E-state index in [1.165, 1.54) is 19.4 Å². The second-order valence-electron chi connectivity index (χ2n) is 3.10. The summed E-state index contributed by atoms with van der Waals surface area (Å²) in [5, 5.41) is 9.99. The summed E-state index contributed by atoms with van der Waals surface area (Å²) >= 11 is 0. The average Bonchev–Trinajstić information content (AvgIpc) is 2.50. The molecular formula is C8H19N3. The SMILES string of the molecule is CNCCCN[C@H]1CCNC1. The van der Waals surface area contributed by atoms with E-state index in [1.807, 2.05) is 7.05 Å². The summed E-state index contributed by atoms with van der Waals surface area (Å²) < 4.78 is 0. The Bertz CT molecular complexity index is 89.3. The molecule has 3 heteroatoms. The maximum absolute atomic E-state index is 3.51. The summed E-state index contributed by atoms with van der Waals surface area (Å²) in [7, 11) is 2.00. The maximum Gasteiger partial charge on any atom is 0.0204 e. The first-order valence-electron chi connectivity index (χ1n) is 4.52. The van der Waals surface area contributed by atoms with Gasteiger partial charge in [0, 0.05) is 12.6 Å². The fourth-order valence-corrected chi connectivity index (χ4v) is 1.40. The van der Waals surface area contributed by atoms with Crippen LogP contribution >= 0.6 is 0 Å². The van der Waals surface area contributed by atoms with Gasteiger partial charge in [-0.1, -0.05) is 0 Å². The van der Waals surface area contributed by atoms with Gasteiger partial charge in [-0.25, -0.2) is 0 Å². The molecule has 1 saturated heterocycles. The molecule has 1 rings (SSSR count). The van der Waals surface area contributed by atoms with Crippen LogP contribution in [0.15, 0.2) is 0 Å². The number of rotatable bonds is 5. The first-order chi connectivity index (χ1) is 5.43. The summed E-state index contributed by atoms with van der Waals surface area (Å²) in [5.41, 5.74) is 0. The Labute approximate surface area is 68.9 Å². The largest absolute Gasteiger partial charge is 0.320 e. The van der Waals surface area contributed by atoms with E-state index in [1.54, 1.807) is 0 Å². The van der Waals surface area contributed by atoms with E-state index >= 15 is 0 Å². The minimum Gasteiger partial charge on any atom is -0.320 e. The molecule has 1 atom stereocenters. The molecule has 0 saturated carbocycles. The molecule has 1 heterocycles. The van der Waals surface area contributed by atoms with Gasteiger partial charge in [-0.05, 0) is 39.5 Å². The molecule has 0 unspecified atom stereocenters. The van der Waals surface area contributed by atoms with Gasteiger partial charge in [0.25, 0.3) is 0 Å². The van der Waals surface area contributed by atoms with E-state index in [0.29, 0.717) is 0 Å². The van der Waals surface area contributed by atoms with Crippen molar-refractivity contribution in [2.45, 2.75) is 18.9 Å². The molecule has 3 N–H and O–H groups in total. The highest BCUT2D eigenvalue weighted by molar-refractivity contribution is 4.76. The molecule has 1 fully saturated rings. The molecule has 0 aromatic heterocycles. The van der Waals surface area contributed by atoms with Crippen molar-refractivity contribution in [1.29, 1.82) is 0 Å². The number of hydrogen-bond donors (Lipinski definition) is 3. The van der Waals surface area contributed by atoms with Crippen molar-refractivity contribution in [2.24, 2.45) is 0 Å². The minimum absolute atomic E-state index is 0.729. The van der Waals surface area contributed by atoms with Gasteiger partial charge in [0.15, 0.2) is 0 Å². The second kappa shape index (κ2) is 5.52. The van der Waals surface area contributed by atoms with Crippen LogP contribution in [0.3, 0.4) is 0 Å². The van der Waals surface area contributed by atoms with Crippen molar-refractivity contribution in [2.75, 3.05) is 33.2 Å². The molecule has 0 aromatic rings. The Balaban J connectivity index is 1.86. The third-order valence-electron chi connectivity index (χ3n) is 2.10. The van der Waals surface area contributed by atoms with Gasteiger partial charge >= 0.3 is 0 Å². The normalized spacial score (nSPS) is 24.3. The van der Waals surface area contributed by atoms with Gasteiger partial charge in [-0.2, -0.15) is 0 Å². The van der Waals surface area contributed by atoms with Gasteiger partial charge in [0.05, 0.1) is 0 Å². The first-order valence-corrected chi connectivity index (χ1v) is 4.52. The highest BCUT2D eigenvalue weighted by atomic mass is 15.0. The Hall–Kier alpha value is -0.120. The standard InChI is InChI=1S/C8H19N3/c1-9-4-2-5-11-8-3-6-10-7-8/h8-11H,2-7H2,1H3/t8-/m0/s1. The Morgan fingerprint density at radius 1 is 1.45 bits per heavy atom. The third-order valence-corrected chi connectivity index (χ3v) is 2.10. The predicted octanol–water partition coefficient (Wildman–Crippen LogP) is -0.453. The zero-order valence-corrected chi connectivity index (χ0v) is 7.32. The molecule has 0 spiro atoms. The quantitative estimate of drug-likeness (QED) is 0.473. The van der Waals surface area contributed by atoms with Crippen molar-refractivity contribution in [3.05, 3.63) is 0 Å². The highest BCUT2D eigenvalue weighted by Crippen LogP contribution is 1.95. The zero-order chi connectivity index (χ0) is 7.94. The molecular weight excluding hydrogens is 138 g/mol. The monoisotopic (exact) mass is 157 g/mol. The molecule has 0 radical (unpaired) electrons. The van der Waals surface area contributed by atoms with Crippen LogP contribution in [0.2, 0.25) is 0 Å². The van der Waals surface area contributed by atoms with Crippen LogP contribution in [0, 0.1) is 0 Å². The number of nitrogens with one attached hydrogen (secondary N) is 3. The van der Waals surface area contributed by atoms with Crippen molar-refractivity contribution in [3.8, 4) is 0 Å². The summed E-state index contributed by atoms with van der Waals surface area (Å²) in [5.74, 6) is 0. The van der Waals surface area contributed by atoms with Gasteiger partial charge in [-0.3, -0.25) is 0 Å². The lowest BCUT2D eigenvalue weighted by Crippen LogP contribution is -2.32. The number of hydrogen-bond acceptors (Lipinski definition) is 3. The Kier molecular flexibility index (Phi) is 4.50. The van der Waals surface area contributed by atoms with E-state index < -0.39 is 0 Å². The predicted molar refractivity (Wildman–Crippen MR) is 47.8 cm³/mol. The van der Waals surface area contributed by atoms with Crippen LogP contribution in [0.5, 0.6) is 0 Å². The van der Waals surface area contributed by atoms with E-state index in [4.69, 9.17) is 0 Å². The topological polar surface area (TPSA) is 36.1 Å². The summed E-state index contributed by atoms with van der Waals surface area (Å²) in [4.78, 5) is 0. The Morgan fingerprint density at radius 3 is 3.00 bits per heavy atom. The van der Waals surface area contributed by atoms with E-state index in [9.17, 15) is 0 Å². The maximum atomic E-state index is 3.51. The molecule has 0 aromatic carbocycles. The molecule has 11 heavy (non-hydrogen) atoms. The van der Waals surface area contributed by atoms with Gasteiger partial charge in [0.1, 0.15) is 0 Å². The van der Waals surface area contributed by atoms with E-state index in [2.05, 4.69) is 16.0 Å². The van der Waals surface area contributed by atoms with Crippen LogP contribution in [0.25, 0.3) is 0 Å². The van der Waals surface area contributed by atoms with Crippen molar-refractivity contribution in [1.82, 2.24) is 16.0 Å². The molecule has 66 valence electrons. The Morgan fingerprint density at radius 2 is 2.36 bits per heavy atom. The molecule has 1 aliphatic heterocycles. The van der Waals surface area contributed by atoms with Gasteiger partial charge in [0.2, 0.25) is 0 Å². The van der Waals surface area contributed by atoms with Gasteiger partial charge in [-0.15, -0.1) is 0 Å². The lowest BCUT2D eigenvalue weighted by molar-refractivity contribution is 0.529. The van der Waals surface area contributed by atoms with Crippen molar-refractivity contribution in [3.63, 3.8) is 0 Å². The molecule has 1 aliphatic rings. The fourth-order valence-electron chi connectivity index (χ4n) is 1.40. The van der Waals surface area contributed by atoms with E-state index in [-0.39, 0.29) is 0 Å². The van der Waals surface area contributed by atoms with Crippen LogP contribution in [0.1, 0.15) is 12.8 Å². The minimum atomic E-state index is 0.729. The highest BCUT2D eigenvalue weighted by Gasteiger charge is 2.11. The molecule has 0 aliphatic carbocycles. The van der Waals surface area contributed by atoms with Crippen molar-refractivity contribution >= 4 is 0 Å². The summed E-state index contributed by atoms with van der Waals surface area (Å²) in [6, 6.07) is 0.729. The zero-order valence-electron chi connectivity index (χ0n) is 7.32. The van der Waals surface area contributed by atoms with Crippen molar-refractivity contribution < 1.29 is 0 Å².